The Morgan fingerprint density at radius 2 is 1.96 bits per heavy atom. The molecule has 3 aliphatic heterocycles. The van der Waals surface area contributed by atoms with Gasteiger partial charge in [0.1, 0.15) is 12.4 Å². The van der Waals surface area contributed by atoms with Crippen LogP contribution in [0.3, 0.4) is 0 Å². The topological polar surface area (TPSA) is 112 Å². The highest BCUT2D eigenvalue weighted by molar-refractivity contribution is 6.35. The van der Waals surface area contributed by atoms with Gasteiger partial charge in [0.05, 0.1) is 36.9 Å². The van der Waals surface area contributed by atoms with Gasteiger partial charge in [-0.1, -0.05) is 41.9 Å². The molecule has 6 rings (SSSR count). The molecule has 0 radical (unpaired) electrons. The molecule has 1 amide bonds. The number of likely N-dealkylation sites (N-methyl/N-ethyl adjacent to an activating group) is 1. The van der Waals surface area contributed by atoms with E-state index in [0.717, 1.165) is 47.0 Å². The number of allylic oxidation sites excluding steroid dienone is 1. The number of hydrogen-bond donors (Lipinski definition) is 0. The molecule has 2 saturated heterocycles. The van der Waals surface area contributed by atoms with Crippen LogP contribution in [-0.2, 0) is 27.4 Å². The molecule has 4 heterocycles. The van der Waals surface area contributed by atoms with Gasteiger partial charge in [0.2, 0.25) is 5.91 Å². The molecular formula is C34H37ClN6O4. The number of nitrogens with zero attached hydrogens (tertiary/aromatic N) is 6. The van der Waals surface area contributed by atoms with Crippen molar-refractivity contribution in [3.05, 3.63) is 70.4 Å². The van der Waals surface area contributed by atoms with Crippen molar-refractivity contribution in [1.29, 1.82) is 5.26 Å². The molecule has 0 saturated carbocycles. The molecule has 45 heavy (non-hydrogen) atoms. The van der Waals surface area contributed by atoms with Crippen molar-refractivity contribution in [2.45, 2.75) is 57.4 Å². The van der Waals surface area contributed by atoms with Crippen LogP contribution in [0.25, 0.3) is 10.8 Å². The van der Waals surface area contributed by atoms with Crippen molar-refractivity contribution in [2.24, 2.45) is 0 Å². The van der Waals surface area contributed by atoms with E-state index in [0.29, 0.717) is 62.2 Å². The van der Waals surface area contributed by atoms with Crippen LogP contribution < -0.4 is 9.64 Å². The number of nitriles is 1. The van der Waals surface area contributed by atoms with Crippen molar-refractivity contribution in [3.63, 3.8) is 0 Å². The summed E-state index contributed by atoms with van der Waals surface area (Å²) in [6.45, 7) is 4.52. The number of halogens is 1. The standard InChI is InChI=1S/C34H37ClN6O4/c1-22(42)11-12-31(43)41-17-16-40(19-24(41)13-14-36)33-27-21-44-30(26-9-3-6-23-7-4-10-28(35)32(23)26)18-29(27)37-34(38-33)45-20-25-8-5-15-39(25)2/h3-4,6-7,9-12,24-25,30H,5,8,13,15-21H2,1-2H3/b12-11+/t24-,25-,30-/m0/s1. The lowest BCUT2D eigenvalue weighted by molar-refractivity contribution is -0.128. The minimum absolute atomic E-state index is 0.154. The SMILES string of the molecule is CC(=O)/C=C/C(=O)N1CCN(c2nc(OC[C@@H]3CCCN3C)nc3c2CO[C@H](c2cccc4cccc(Cl)c24)C3)C[C@@H]1CC#N. The first-order chi connectivity index (χ1) is 21.8. The maximum Gasteiger partial charge on any atom is 0.318 e. The van der Waals surface area contributed by atoms with Gasteiger partial charge >= 0.3 is 6.01 Å². The van der Waals surface area contributed by atoms with E-state index in [2.05, 4.69) is 29.0 Å². The zero-order valence-electron chi connectivity index (χ0n) is 25.6. The second-order valence-corrected chi connectivity index (χ2v) is 12.4. The average molecular weight is 629 g/mol. The van der Waals surface area contributed by atoms with Crippen LogP contribution in [0.4, 0.5) is 5.82 Å². The summed E-state index contributed by atoms with van der Waals surface area (Å²) in [7, 11) is 2.11. The van der Waals surface area contributed by atoms with E-state index in [1.165, 1.54) is 19.1 Å². The maximum atomic E-state index is 12.9. The fourth-order valence-corrected chi connectivity index (χ4v) is 6.90. The molecule has 0 bridgehead atoms. The number of rotatable bonds is 8. The molecule has 10 nitrogen and oxygen atoms in total. The van der Waals surface area contributed by atoms with E-state index in [4.69, 9.17) is 31.0 Å². The van der Waals surface area contributed by atoms with Crippen LogP contribution in [-0.4, -0.2) is 83.4 Å². The van der Waals surface area contributed by atoms with Gasteiger partial charge in [0.25, 0.3) is 0 Å². The number of aromatic nitrogens is 2. The summed E-state index contributed by atoms with van der Waals surface area (Å²) in [5.74, 6) is 0.227. The Hall–Kier alpha value is -4.04. The van der Waals surface area contributed by atoms with E-state index >= 15 is 0 Å². The van der Waals surface area contributed by atoms with Gasteiger partial charge < -0.3 is 24.2 Å². The zero-order valence-corrected chi connectivity index (χ0v) is 26.4. The monoisotopic (exact) mass is 628 g/mol. The minimum Gasteiger partial charge on any atom is -0.462 e. The van der Waals surface area contributed by atoms with Gasteiger partial charge in [-0.05, 0) is 56.4 Å². The number of piperazine rings is 1. The largest absolute Gasteiger partial charge is 0.462 e. The Kier molecular flexibility index (Phi) is 9.31. The second-order valence-electron chi connectivity index (χ2n) is 12.0. The number of fused-ring (bicyclic) bond motifs is 2. The lowest BCUT2D eigenvalue weighted by Gasteiger charge is -2.42. The third kappa shape index (κ3) is 6.66. The third-order valence-electron chi connectivity index (χ3n) is 9.02. The third-order valence-corrected chi connectivity index (χ3v) is 9.34. The number of likely N-dealkylation sites (tertiary alicyclic amines) is 1. The molecule has 3 atom stereocenters. The van der Waals surface area contributed by atoms with Gasteiger partial charge in [0.15, 0.2) is 5.78 Å². The summed E-state index contributed by atoms with van der Waals surface area (Å²) in [5, 5.41) is 12.3. The van der Waals surface area contributed by atoms with Gasteiger partial charge in [-0.3, -0.25) is 9.59 Å². The highest BCUT2D eigenvalue weighted by Gasteiger charge is 2.35. The van der Waals surface area contributed by atoms with Gasteiger partial charge in [-0.15, -0.1) is 0 Å². The fourth-order valence-electron chi connectivity index (χ4n) is 6.61. The predicted molar refractivity (Wildman–Crippen MR) is 171 cm³/mol. The number of carbonyl (C=O) groups is 2. The summed E-state index contributed by atoms with van der Waals surface area (Å²) in [6.07, 6.45) is 5.17. The molecule has 3 aliphatic rings. The van der Waals surface area contributed by atoms with Crippen LogP contribution >= 0.6 is 11.6 Å². The average Bonchev–Trinajstić information content (AvgIpc) is 3.46. The number of ether oxygens (including phenoxy) is 2. The van der Waals surface area contributed by atoms with Crippen molar-refractivity contribution < 1.29 is 19.1 Å². The highest BCUT2D eigenvalue weighted by atomic mass is 35.5. The molecule has 0 N–H and O–H groups in total. The second kappa shape index (κ2) is 13.5. The zero-order chi connectivity index (χ0) is 31.5. The molecule has 0 unspecified atom stereocenters. The Morgan fingerprint density at radius 1 is 1.13 bits per heavy atom. The molecule has 2 fully saturated rings. The van der Waals surface area contributed by atoms with Crippen LogP contribution in [0.2, 0.25) is 5.02 Å². The molecule has 11 heteroatoms. The Morgan fingerprint density at radius 3 is 2.71 bits per heavy atom. The molecule has 0 aliphatic carbocycles. The van der Waals surface area contributed by atoms with Gasteiger partial charge in [-0.2, -0.15) is 15.2 Å². The normalized spacial score (nSPS) is 22.0. The van der Waals surface area contributed by atoms with Crippen LogP contribution in [0.1, 0.15) is 49.1 Å². The number of ketones is 1. The van der Waals surface area contributed by atoms with Crippen molar-refractivity contribution >= 4 is 39.9 Å². The molecule has 2 aromatic carbocycles. The Labute approximate surface area is 268 Å². The van der Waals surface area contributed by atoms with Crippen molar-refractivity contribution in [1.82, 2.24) is 19.8 Å². The van der Waals surface area contributed by atoms with Gasteiger partial charge in [0, 0.05) is 54.1 Å². The van der Waals surface area contributed by atoms with E-state index in [-0.39, 0.29) is 30.3 Å². The summed E-state index contributed by atoms with van der Waals surface area (Å²) < 4.78 is 12.8. The Bertz CT molecular complexity index is 1670. The first-order valence-corrected chi connectivity index (χ1v) is 15.8. The first kappa shape index (κ1) is 31.0. The Balaban J connectivity index is 1.32. The van der Waals surface area contributed by atoms with Crippen LogP contribution in [0.15, 0.2) is 48.6 Å². The predicted octanol–water partition coefficient (Wildman–Crippen LogP) is 4.65. The summed E-state index contributed by atoms with van der Waals surface area (Å²) in [6, 6.07) is 14.5. The quantitative estimate of drug-likeness (QED) is 0.329. The first-order valence-electron chi connectivity index (χ1n) is 15.4. The molecule has 1 aromatic heterocycles. The van der Waals surface area contributed by atoms with Crippen molar-refractivity contribution in [3.8, 4) is 12.1 Å². The summed E-state index contributed by atoms with van der Waals surface area (Å²) in [4.78, 5) is 40.3. The van der Waals surface area contributed by atoms with E-state index < -0.39 is 0 Å². The molecular weight excluding hydrogens is 592 g/mol. The minimum atomic E-state index is -0.370. The maximum absolute atomic E-state index is 12.9. The summed E-state index contributed by atoms with van der Waals surface area (Å²) in [5.41, 5.74) is 2.75. The number of carbonyl (C=O) groups excluding carboxylic acids is 2. The fraction of sp³-hybridized carbons (Fsp3) is 0.441. The molecule has 3 aromatic rings. The van der Waals surface area contributed by atoms with Gasteiger partial charge in [-0.25, -0.2) is 0 Å². The van der Waals surface area contributed by atoms with E-state index in [1.54, 1.807) is 4.90 Å². The number of benzene rings is 2. The molecule has 0 spiro atoms. The lowest BCUT2D eigenvalue weighted by atomic mass is 9.94. The summed E-state index contributed by atoms with van der Waals surface area (Å²) >= 11 is 6.67. The van der Waals surface area contributed by atoms with E-state index in [9.17, 15) is 14.9 Å². The number of hydrogen-bond acceptors (Lipinski definition) is 9. The van der Waals surface area contributed by atoms with E-state index in [1.807, 2.05) is 30.3 Å². The lowest BCUT2D eigenvalue weighted by Crippen LogP contribution is -2.55. The van der Waals surface area contributed by atoms with Crippen molar-refractivity contribution in [2.75, 3.05) is 44.7 Å². The molecule has 234 valence electrons. The smallest absolute Gasteiger partial charge is 0.318 e. The number of anilines is 1. The van der Waals surface area contributed by atoms with Crippen LogP contribution in [0, 0.1) is 11.3 Å². The highest BCUT2D eigenvalue weighted by Crippen LogP contribution is 2.39. The van der Waals surface area contributed by atoms with Crippen LogP contribution in [0.5, 0.6) is 6.01 Å². The number of amides is 1.